The van der Waals surface area contributed by atoms with Crippen molar-refractivity contribution in [1.29, 1.82) is 0 Å². The van der Waals surface area contributed by atoms with E-state index in [-0.39, 0.29) is 16.9 Å². The molecule has 3 nitrogen and oxygen atoms in total. The summed E-state index contributed by atoms with van der Waals surface area (Å²) in [6.07, 6.45) is -6.00. The zero-order chi connectivity index (χ0) is 10.9. The fourth-order valence-corrected chi connectivity index (χ4v) is 1.11. The van der Waals surface area contributed by atoms with E-state index in [1.165, 1.54) is 19.2 Å². The third kappa shape index (κ3) is 1.95. The highest BCUT2D eigenvalue weighted by Crippen LogP contribution is 2.35. The van der Waals surface area contributed by atoms with Crippen molar-refractivity contribution in [2.75, 3.05) is 5.73 Å². The molecule has 6 heteroatoms. The monoisotopic (exact) mass is 206 g/mol. The third-order valence-corrected chi connectivity index (χ3v) is 1.82. The molecule has 0 aromatic carbocycles. The second-order valence-corrected chi connectivity index (χ2v) is 2.87. The summed E-state index contributed by atoms with van der Waals surface area (Å²) in [5.74, 6) is -0.296. The van der Waals surface area contributed by atoms with Crippen LogP contribution in [0.15, 0.2) is 12.3 Å². The molecule has 0 aliphatic carbocycles. The van der Waals surface area contributed by atoms with E-state index in [0.29, 0.717) is 0 Å². The lowest BCUT2D eigenvalue weighted by molar-refractivity contribution is -0.206. The first-order valence-corrected chi connectivity index (χ1v) is 3.79. The van der Waals surface area contributed by atoms with Crippen LogP contribution in [-0.2, 0) is 0 Å². The highest BCUT2D eigenvalue weighted by molar-refractivity contribution is 5.45. The maximum atomic E-state index is 12.2. The molecule has 1 heterocycles. The largest absolute Gasteiger partial charge is 0.418 e. The quantitative estimate of drug-likeness (QED) is 0.733. The summed E-state index contributed by atoms with van der Waals surface area (Å²) in [6, 6.07) is 1.36. The molecule has 0 bridgehead atoms. The Hall–Kier alpha value is -1.30. The molecule has 0 aliphatic rings. The van der Waals surface area contributed by atoms with E-state index in [1.807, 2.05) is 0 Å². The molecule has 0 saturated heterocycles. The Kier molecular flexibility index (Phi) is 2.66. The maximum Gasteiger partial charge on any atom is 0.418 e. The minimum Gasteiger partial charge on any atom is -0.383 e. The van der Waals surface area contributed by atoms with E-state index >= 15 is 0 Å². The molecule has 0 saturated carbocycles. The number of nitrogens with two attached hydrogens (primary N) is 1. The molecule has 1 rings (SSSR count). The van der Waals surface area contributed by atoms with Crippen LogP contribution in [-0.4, -0.2) is 16.3 Å². The van der Waals surface area contributed by atoms with E-state index in [2.05, 4.69) is 4.98 Å². The molecule has 78 valence electrons. The Bertz CT molecular complexity index is 318. The van der Waals surface area contributed by atoms with E-state index in [9.17, 15) is 13.2 Å². The SMILES string of the molecule is Cc1ccnc(N)c1[C@H](O)C(F)(F)F. The van der Waals surface area contributed by atoms with Gasteiger partial charge in [-0.25, -0.2) is 4.98 Å². The first-order valence-electron chi connectivity index (χ1n) is 3.79. The highest BCUT2D eigenvalue weighted by Gasteiger charge is 2.41. The summed E-state index contributed by atoms with van der Waals surface area (Å²) in [6.45, 7) is 1.43. The summed E-state index contributed by atoms with van der Waals surface area (Å²) in [5.41, 5.74) is 5.14. The molecule has 1 aromatic heterocycles. The molecule has 0 radical (unpaired) electrons. The molecule has 0 aliphatic heterocycles. The topological polar surface area (TPSA) is 59.1 Å². The van der Waals surface area contributed by atoms with E-state index in [1.54, 1.807) is 0 Å². The molecule has 1 aromatic rings. The van der Waals surface area contributed by atoms with Crippen molar-refractivity contribution in [1.82, 2.24) is 4.98 Å². The van der Waals surface area contributed by atoms with E-state index in [4.69, 9.17) is 10.8 Å². The van der Waals surface area contributed by atoms with Gasteiger partial charge < -0.3 is 10.8 Å². The molecule has 1 atom stereocenters. The Labute approximate surface area is 78.4 Å². The van der Waals surface area contributed by atoms with Crippen LogP contribution >= 0.6 is 0 Å². The van der Waals surface area contributed by atoms with Crippen LogP contribution in [0, 0.1) is 6.92 Å². The van der Waals surface area contributed by atoms with Crippen LogP contribution in [0.3, 0.4) is 0 Å². The number of hydrogen-bond acceptors (Lipinski definition) is 3. The minimum atomic E-state index is -4.72. The summed E-state index contributed by atoms with van der Waals surface area (Å²) < 4.78 is 36.5. The number of halogens is 3. The predicted octanol–water partition coefficient (Wildman–Crippen LogP) is 1.57. The zero-order valence-corrected chi connectivity index (χ0v) is 7.34. The Morgan fingerprint density at radius 1 is 1.50 bits per heavy atom. The Morgan fingerprint density at radius 2 is 2.07 bits per heavy atom. The highest BCUT2D eigenvalue weighted by atomic mass is 19.4. The van der Waals surface area contributed by atoms with Crippen LogP contribution in [0.5, 0.6) is 0 Å². The van der Waals surface area contributed by atoms with Gasteiger partial charge in [0.15, 0.2) is 6.10 Å². The summed E-state index contributed by atoms with van der Waals surface area (Å²) in [7, 11) is 0. The van der Waals surface area contributed by atoms with Gasteiger partial charge in [-0.2, -0.15) is 13.2 Å². The van der Waals surface area contributed by atoms with Gasteiger partial charge in [0, 0.05) is 11.8 Å². The van der Waals surface area contributed by atoms with Gasteiger partial charge in [-0.05, 0) is 18.6 Å². The van der Waals surface area contributed by atoms with Crippen molar-refractivity contribution in [3.05, 3.63) is 23.4 Å². The lowest BCUT2D eigenvalue weighted by atomic mass is 10.0. The number of rotatable bonds is 1. The second kappa shape index (κ2) is 3.45. The van der Waals surface area contributed by atoms with Gasteiger partial charge in [0.25, 0.3) is 0 Å². The van der Waals surface area contributed by atoms with E-state index in [0.717, 1.165) is 0 Å². The summed E-state index contributed by atoms with van der Waals surface area (Å²) >= 11 is 0. The van der Waals surface area contributed by atoms with Crippen LogP contribution in [0.2, 0.25) is 0 Å². The lowest BCUT2D eigenvalue weighted by Crippen LogP contribution is -2.22. The fraction of sp³-hybridized carbons (Fsp3) is 0.375. The number of aliphatic hydroxyl groups is 1. The molecular weight excluding hydrogens is 197 g/mol. The first-order chi connectivity index (χ1) is 6.34. The van der Waals surface area contributed by atoms with Crippen LogP contribution in [0.25, 0.3) is 0 Å². The number of anilines is 1. The van der Waals surface area contributed by atoms with Crippen molar-refractivity contribution in [3.63, 3.8) is 0 Å². The average molecular weight is 206 g/mol. The first kappa shape index (κ1) is 10.8. The van der Waals surface area contributed by atoms with Gasteiger partial charge in [0.1, 0.15) is 5.82 Å². The van der Waals surface area contributed by atoms with Crippen molar-refractivity contribution in [2.45, 2.75) is 19.2 Å². The van der Waals surface area contributed by atoms with Crippen molar-refractivity contribution < 1.29 is 18.3 Å². The normalized spacial score (nSPS) is 14.1. The molecule has 0 unspecified atom stereocenters. The van der Waals surface area contributed by atoms with Crippen molar-refractivity contribution in [2.24, 2.45) is 0 Å². The third-order valence-electron chi connectivity index (χ3n) is 1.82. The number of pyridine rings is 1. The fourth-order valence-electron chi connectivity index (χ4n) is 1.11. The second-order valence-electron chi connectivity index (χ2n) is 2.87. The summed E-state index contributed by atoms with van der Waals surface area (Å²) in [4.78, 5) is 3.49. The van der Waals surface area contributed by atoms with Gasteiger partial charge in [-0.1, -0.05) is 0 Å². The molecule has 3 N–H and O–H groups in total. The smallest absolute Gasteiger partial charge is 0.383 e. The van der Waals surface area contributed by atoms with Gasteiger partial charge in [-0.15, -0.1) is 0 Å². The Balaban J connectivity index is 3.19. The van der Waals surface area contributed by atoms with Gasteiger partial charge in [0.2, 0.25) is 0 Å². The number of aryl methyl sites for hydroxylation is 1. The number of alkyl halides is 3. The van der Waals surface area contributed by atoms with Crippen LogP contribution < -0.4 is 5.73 Å². The van der Waals surface area contributed by atoms with Crippen LogP contribution in [0.4, 0.5) is 19.0 Å². The molecule has 0 amide bonds. The number of nitrogen functional groups attached to an aromatic ring is 1. The molecular formula is C8H9F3N2O. The van der Waals surface area contributed by atoms with Gasteiger partial charge in [0.05, 0.1) is 0 Å². The molecule has 0 spiro atoms. The number of hydrogen-bond donors (Lipinski definition) is 2. The Morgan fingerprint density at radius 3 is 2.50 bits per heavy atom. The number of aromatic nitrogens is 1. The predicted molar refractivity (Wildman–Crippen MR) is 44.4 cm³/mol. The standard InChI is InChI=1S/C8H9F3N2O/c1-4-2-3-13-7(12)5(4)6(14)8(9,10)11/h2-3,6,14H,1H3,(H2,12,13)/t6-/m0/s1. The van der Waals surface area contributed by atoms with Crippen molar-refractivity contribution in [3.8, 4) is 0 Å². The number of aliphatic hydroxyl groups excluding tert-OH is 1. The van der Waals surface area contributed by atoms with Gasteiger partial charge in [-0.3, -0.25) is 0 Å². The summed E-state index contributed by atoms with van der Waals surface area (Å²) in [5, 5.41) is 8.97. The molecule has 14 heavy (non-hydrogen) atoms. The van der Waals surface area contributed by atoms with Crippen molar-refractivity contribution >= 4 is 5.82 Å². The lowest BCUT2D eigenvalue weighted by Gasteiger charge is -2.17. The zero-order valence-electron chi connectivity index (χ0n) is 7.34. The minimum absolute atomic E-state index is 0.266. The van der Waals surface area contributed by atoms with Crippen LogP contribution in [0.1, 0.15) is 17.2 Å². The van der Waals surface area contributed by atoms with Gasteiger partial charge >= 0.3 is 6.18 Å². The molecule has 0 fully saturated rings. The van der Waals surface area contributed by atoms with E-state index < -0.39 is 12.3 Å². The maximum absolute atomic E-state index is 12.2. The number of nitrogens with zero attached hydrogens (tertiary/aromatic N) is 1. The average Bonchev–Trinajstić information content (AvgIpc) is 2.01.